The van der Waals surface area contributed by atoms with E-state index in [0.29, 0.717) is 12.2 Å². The first-order valence-corrected chi connectivity index (χ1v) is 9.43. The fourth-order valence-corrected chi connectivity index (χ4v) is 3.36. The molecule has 0 spiro atoms. The molecular formula is C21H21N5O3. The average Bonchev–Trinajstić information content (AvgIpc) is 3.13. The molecule has 1 aromatic carbocycles. The van der Waals surface area contributed by atoms with Crippen molar-refractivity contribution in [1.82, 2.24) is 19.6 Å². The Labute approximate surface area is 167 Å². The van der Waals surface area contributed by atoms with E-state index < -0.39 is 6.03 Å². The van der Waals surface area contributed by atoms with Gasteiger partial charge in [-0.1, -0.05) is 24.3 Å². The average molecular weight is 391 g/mol. The van der Waals surface area contributed by atoms with Gasteiger partial charge in [-0.05, 0) is 24.6 Å². The molecule has 2 aromatic heterocycles. The molecule has 0 unspecified atom stereocenters. The van der Waals surface area contributed by atoms with Crippen molar-refractivity contribution in [3.8, 4) is 11.3 Å². The summed E-state index contributed by atoms with van der Waals surface area (Å²) in [4.78, 5) is 41.6. The van der Waals surface area contributed by atoms with Crippen LogP contribution in [0, 0.1) is 6.92 Å². The number of aromatic nitrogens is 2. The number of imidazole rings is 1. The lowest BCUT2D eigenvalue weighted by atomic mass is 10.1. The zero-order chi connectivity index (χ0) is 20.4. The second-order valence-electron chi connectivity index (χ2n) is 6.98. The minimum absolute atomic E-state index is 0.139. The van der Waals surface area contributed by atoms with Crippen LogP contribution in [0.4, 0.5) is 10.5 Å². The van der Waals surface area contributed by atoms with E-state index >= 15 is 0 Å². The first kappa shape index (κ1) is 18.7. The normalized spacial score (nSPS) is 14.2. The molecule has 1 aliphatic rings. The number of carbonyl (C=O) groups excluding carboxylic acids is 3. The number of rotatable bonds is 5. The number of para-hydroxylation sites is 1. The van der Waals surface area contributed by atoms with Crippen LogP contribution in [0.5, 0.6) is 0 Å². The Morgan fingerprint density at radius 1 is 1.21 bits per heavy atom. The number of anilines is 1. The Bertz CT molecular complexity index is 1100. The van der Waals surface area contributed by atoms with Gasteiger partial charge in [0.25, 0.3) is 0 Å². The van der Waals surface area contributed by atoms with E-state index in [9.17, 15) is 14.4 Å². The summed E-state index contributed by atoms with van der Waals surface area (Å²) in [5.74, 6) is -0.491. The molecule has 4 rings (SSSR count). The summed E-state index contributed by atoms with van der Waals surface area (Å²) >= 11 is 0. The SMILES string of the molecule is Cc1cccn2cc(-c3ccccc3NC(=O)CCN3CCC(=O)NC3=O)nc12. The fourth-order valence-electron chi connectivity index (χ4n) is 3.36. The van der Waals surface area contributed by atoms with E-state index in [4.69, 9.17) is 4.98 Å². The summed E-state index contributed by atoms with van der Waals surface area (Å²) in [6.07, 6.45) is 4.26. The molecule has 0 bridgehead atoms. The number of hydrogen-bond donors (Lipinski definition) is 2. The van der Waals surface area contributed by atoms with Crippen LogP contribution in [0.1, 0.15) is 18.4 Å². The van der Waals surface area contributed by atoms with Gasteiger partial charge in [-0.2, -0.15) is 0 Å². The van der Waals surface area contributed by atoms with Gasteiger partial charge in [-0.25, -0.2) is 9.78 Å². The monoisotopic (exact) mass is 391 g/mol. The van der Waals surface area contributed by atoms with E-state index in [0.717, 1.165) is 22.5 Å². The maximum Gasteiger partial charge on any atom is 0.324 e. The molecule has 0 aliphatic carbocycles. The van der Waals surface area contributed by atoms with Crippen LogP contribution in [-0.2, 0) is 9.59 Å². The van der Waals surface area contributed by atoms with Crippen molar-refractivity contribution in [2.75, 3.05) is 18.4 Å². The fraction of sp³-hybridized carbons (Fsp3) is 0.238. The van der Waals surface area contributed by atoms with Gasteiger partial charge in [0.1, 0.15) is 5.65 Å². The Morgan fingerprint density at radius 2 is 2.03 bits per heavy atom. The van der Waals surface area contributed by atoms with Crippen molar-refractivity contribution < 1.29 is 14.4 Å². The molecule has 0 radical (unpaired) electrons. The highest BCUT2D eigenvalue weighted by Crippen LogP contribution is 2.28. The van der Waals surface area contributed by atoms with Crippen LogP contribution < -0.4 is 10.6 Å². The Hall–Kier alpha value is -3.68. The summed E-state index contributed by atoms with van der Waals surface area (Å²) in [5, 5.41) is 5.17. The molecule has 3 aromatic rings. The van der Waals surface area contributed by atoms with Crippen molar-refractivity contribution in [2.45, 2.75) is 19.8 Å². The smallest absolute Gasteiger partial charge is 0.324 e. The van der Waals surface area contributed by atoms with Crippen molar-refractivity contribution in [2.24, 2.45) is 0 Å². The highest BCUT2D eigenvalue weighted by Gasteiger charge is 2.23. The van der Waals surface area contributed by atoms with E-state index in [1.807, 2.05) is 60.1 Å². The van der Waals surface area contributed by atoms with Crippen LogP contribution in [0.2, 0.25) is 0 Å². The lowest BCUT2D eigenvalue weighted by Gasteiger charge is -2.26. The lowest BCUT2D eigenvalue weighted by molar-refractivity contribution is -0.121. The molecule has 2 N–H and O–H groups in total. The van der Waals surface area contributed by atoms with Gasteiger partial charge in [-0.15, -0.1) is 0 Å². The minimum Gasteiger partial charge on any atom is -0.325 e. The van der Waals surface area contributed by atoms with Crippen molar-refractivity contribution in [1.29, 1.82) is 0 Å². The molecule has 1 fully saturated rings. The predicted octanol–water partition coefficient (Wildman–Crippen LogP) is 2.58. The topological polar surface area (TPSA) is 95.8 Å². The summed E-state index contributed by atoms with van der Waals surface area (Å²) in [6.45, 7) is 2.58. The Kier molecular flexibility index (Phi) is 4.99. The van der Waals surface area contributed by atoms with Gasteiger partial charge in [0, 0.05) is 43.9 Å². The van der Waals surface area contributed by atoms with Crippen molar-refractivity contribution in [3.63, 3.8) is 0 Å². The molecule has 1 aliphatic heterocycles. The molecule has 0 atom stereocenters. The minimum atomic E-state index is -0.450. The summed E-state index contributed by atoms with van der Waals surface area (Å²) in [5.41, 5.74) is 4.19. The molecule has 4 amide bonds. The Morgan fingerprint density at radius 3 is 2.83 bits per heavy atom. The summed E-state index contributed by atoms with van der Waals surface area (Å²) < 4.78 is 1.96. The number of benzene rings is 1. The molecule has 8 heteroatoms. The number of imide groups is 1. The van der Waals surface area contributed by atoms with Gasteiger partial charge >= 0.3 is 6.03 Å². The number of aryl methyl sites for hydroxylation is 1. The van der Waals surface area contributed by atoms with Crippen LogP contribution in [0.15, 0.2) is 48.8 Å². The first-order valence-electron chi connectivity index (χ1n) is 9.43. The van der Waals surface area contributed by atoms with Gasteiger partial charge in [-0.3, -0.25) is 14.9 Å². The molecular weight excluding hydrogens is 370 g/mol. The largest absolute Gasteiger partial charge is 0.325 e. The molecule has 0 saturated carbocycles. The number of pyridine rings is 1. The number of nitrogens with zero attached hydrogens (tertiary/aromatic N) is 3. The van der Waals surface area contributed by atoms with Crippen LogP contribution in [0.3, 0.4) is 0 Å². The van der Waals surface area contributed by atoms with Crippen LogP contribution in [0.25, 0.3) is 16.9 Å². The van der Waals surface area contributed by atoms with Crippen molar-refractivity contribution in [3.05, 3.63) is 54.4 Å². The number of nitrogens with one attached hydrogen (secondary N) is 2. The van der Waals surface area contributed by atoms with Crippen LogP contribution in [-0.4, -0.2) is 45.2 Å². The third-order valence-electron chi connectivity index (χ3n) is 4.91. The van der Waals surface area contributed by atoms with E-state index in [2.05, 4.69) is 10.6 Å². The van der Waals surface area contributed by atoms with Crippen LogP contribution >= 0.6 is 0 Å². The van der Waals surface area contributed by atoms with Crippen molar-refractivity contribution >= 4 is 29.2 Å². The molecule has 3 heterocycles. The van der Waals surface area contributed by atoms with Gasteiger partial charge in [0.05, 0.1) is 11.4 Å². The molecule has 29 heavy (non-hydrogen) atoms. The number of amides is 4. The second kappa shape index (κ2) is 7.75. The number of hydrogen-bond acceptors (Lipinski definition) is 4. The third kappa shape index (κ3) is 3.96. The van der Waals surface area contributed by atoms with Gasteiger partial charge in [0.15, 0.2) is 0 Å². The first-order chi connectivity index (χ1) is 14.0. The lowest BCUT2D eigenvalue weighted by Crippen LogP contribution is -2.50. The second-order valence-corrected chi connectivity index (χ2v) is 6.98. The zero-order valence-electron chi connectivity index (χ0n) is 16.0. The maximum absolute atomic E-state index is 12.5. The third-order valence-corrected chi connectivity index (χ3v) is 4.91. The number of fused-ring (bicyclic) bond motifs is 1. The summed E-state index contributed by atoms with van der Waals surface area (Å²) in [6, 6.07) is 11.0. The maximum atomic E-state index is 12.5. The summed E-state index contributed by atoms with van der Waals surface area (Å²) in [7, 11) is 0. The zero-order valence-corrected chi connectivity index (χ0v) is 16.0. The quantitative estimate of drug-likeness (QED) is 0.699. The predicted molar refractivity (Wildman–Crippen MR) is 108 cm³/mol. The van der Waals surface area contributed by atoms with E-state index in [-0.39, 0.29) is 31.2 Å². The number of carbonyl (C=O) groups is 3. The highest BCUT2D eigenvalue weighted by molar-refractivity contribution is 5.98. The highest BCUT2D eigenvalue weighted by atomic mass is 16.2. The molecule has 8 nitrogen and oxygen atoms in total. The van der Waals surface area contributed by atoms with E-state index in [1.54, 1.807) is 0 Å². The number of urea groups is 1. The van der Waals surface area contributed by atoms with Gasteiger partial charge in [0.2, 0.25) is 11.8 Å². The Balaban J connectivity index is 1.48. The van der Waals surface area contributed by atoms with Gasteiger partial charge < -0.3 is 14.6 Å². The molecule has 1 saturated heterocycles. The standard InChI is InChI=1S/C21H21N5O3/c1-14-5-4-10-26-13-17(23-20(14)26)15-6-2-3-7-16(15)22-18(27)8-11-25-12-9-19(28)24-21(25)29/h2-7,10,13H,8-9,11-12H2,1H3,(H,22,27)(H,24,28,29). The van der Waals surface area contributed by atoms with E-state index in [1.165, 1.54) is 4.90 Å². The molecule has 148 valence electrons.